The molecule has 3 rings (SSSR count). The Bertz CT molecular complexity index is 1090. The number of amides is 1. The van der Waals surface area contributed by atoms with Crippen molar-refractivity contribution in [1.29, 1.82) is 0 Å². The zero-order valence-corrected chi connectivity index (χ0v) is 15.4. The summed E-state index contributed by atoms with van der Waals surface area (Å²) in [6.07, 6.45) is -3.50. The highest BCUT2D eigenvalue weighted by molar-refractivity contribution is 5.84. The summed E-state index contributed by atoms with van der Waals surface area (Å²) in [6, 6.07) is 5.15. The molecule has 3 aromatic rings. The van der Waals surface area contributed by atoms with Gasteiger partial charge in [0.25, 0.3) is 5.56 Å². The smallest absolute Gasteiger partial charge is 0.438 e. The maximum absolute atomic E-state index is 13.3. The molecule has 1 atom stereocenters. The summed E-state index contributed by atoms with van der Waals surface area (Å²) in [5.41, 5.74) is -1.24. The van der Waals surface area contributed by atoms with Gasteiger partial charge in [0, 0.05) is 0 Å². The van der Waals surface area contributed by atoms with Crippen molar-refractivity contribution < 1.29 is 22.4 Å². The lowest BCUT2D eigenvalue weighted by Crippen LogP contribution is -2.39. The summed E-state index contributed by atoms with van der Waals surface area (Å²) in [5, 5.41) is 2.57. The minimum absolute atomic E-state index is 0.000657. The minimum atomic E-state index is -4.93. The fraction of sp³-hybridized carbons (Fsp3) is 0.316. The van der Waals surface area contributed by atoms with Crippen LogP contribution in [0.4, 0.5) is 13.2 Å². The van der Waals surface area contributed by atoms with Gasteiger partial charge in [0.2, 0.25) is 11.6 Å². The molecule has 0 saturated carbocycles. The van der Waals surface area contributed by atoms with E-state index >= 15 is 0 Å². The highest BCUT2D eigenvalue weighted by Crippen LogP contribution is 2.28. The Labute approximate surface area is 158 Å². The average molecular weight is 393 g/mol. The van der Waals surface area contributed by atoms with E-state index in [2.05, 4.69) is 10.3 Å². The molecule has 0 spiro atoms. The molecule has 148 valence electrons. The minimum Gasteiger partial charge on any atom is -0.467 e. The quantitative estimate of drug-likeness (QED) is 0.736. The van der Waals surface area contributed by atoms with Crippen LogP contribution in [0.15, 0.2) is 39.7 Å². The van der Waals surface area contributed by atoms with Crippen LogP contribution < -0.4 is 10.9 Å². The summed E-state index contributed by atoms with van der Waals surface area (Å²) in [5.74, 6) is -0.132. The van der Waals surface area contributed by atoms with Crippen molar-refractivity contribution in [2.24, 2.45) is 0 Å². The van der Waals surface area contributed by atoms with Crippen LogP contribution in [0, 0.1) is 13.8 Å². The summed E-state index contributed by atoms with van der Waals surface area (Å²) >= 11 is 0. The lowest BCUT2D eigenvalue weighted by Gasteiger charge is -2.20. The molecule has 0 fully saturated rings. The van der Waals surface area contributed by atoms with E-state index in [9.17, 15) is 22.8 Å². The van der Waals surface area contributed by atoms with Crippen LogP contribution in [-0.4, -0.2) is 15.5 Å². The van der Waals surface area contributed by atoms with Gasteiger partial charge in [-0.05, 0) is 56.2 Å². The van der Waals surface area contributed by atoms with Gasteiger partial charge >= 0.3 is 6.18 Å². The molecule has 1 aromatic carbocycles. The van der Waals surface area contributed by atoms with Crippen molar-refractivity contribution >= 4 is 16.9 Å². The molecule has 2 aromatic heterocycles. The third-order valence-corrected chi connectivity index (χ3v) is 4.56. The molecule has 28 heavy (non-hydrogen) atoms. The van der Waals surface area contributed by atoms with Crippen LogP contribution in [0.5, 0.6) is 0 Å². The molecule has 0 saturated heterocycles. The molecule has 6 nitrogen and oxygen atoms in total. The van der Waals surface area contributed by atoms with Gasteiger partial charge in [0.1, 0.15) is 11.8 Å². The van der Waals surface area contributed by atoms with E-state index in [1.165, 1.54) is 19.3 Å². The Morgan fingerprint density at radius 1 is 1.29 bits per heavy atom. The van der Waals surface area contributed by atoms with Gasteiger partial charge < -0.3 is 9.73 Å². The van der Waals surface area contributed by atoms with Gasteiger partial charge in [0.15, 0.2) is 0 Å². The number of rotatable bonds is 4. The zero-order valence-electron chi connectivity index (χ0n) is 15.4. The molecule has 0 radical (unpaired) electrons. The van der Waals surface area contributed by atoms with Crippen LogP contribution in [0.2, 0.25) is 0 Å². The first-order valence-electron chi connectivity index (χ1n) is 8.50. The number of aryl methyl sites for hydroxylation is 2. The van der Waals surface area contributed by atoms with E-state index in [0.717, 1.165) is 15.7 Å². The normalized spacial score (nSPS) is 12.9. The number of nitrogens with zero attached hydrogens (tertiary/aromatic N) is 2. The van der Waals surface area contributed by atoms with Gasteiger partial charge in [-0.1, -0.05) is 0 Å². The number of nitrogens with one attached hydrogen (secondary N) is 1. The highest BCUT2D eigenvalue weighted by Gasteiger charge is 2.38. The topological polar surface area (TPSA) is 77.1 Å². The molecule has 0 aliphatic carbocycles. The Morgan fingerprint density at radius 2 is 1.96 bits per heavy atom. The van der Waals surface area contributed by atoms with Gasteiger partial charge in [0.05, 0.1) is 23.8 Å². The number of carbonyl (C=O) groups is 1. The molecule has 0 aliphatic rings. The third kappa shape index (κ3) is 3.64. The van der Waals surface area contributed by atoms with E-state index < -0.39 is 29.4 Å². The first kappa shape index (κ1) is 19.7. The SMILES string of the molecule is Cc1cc2nc(C(F)(F)F)c(=O)n(C(C)C(=O)NCc3ccco3)c2cc1C. The van der Waals surface area contributed by atoms with Gasteiger partial charge in [-0.2, -0.15) is 13.2 Å². The molecule has 1 amide bonds. The molecule has 0 aliphatic heterocycles. The molecule has 9 heteroatoms. The first-order chi connectivity index (χ1) is 13.1. The number of hydrogen-bond donors (Lipinski definition) is 1. The van der Waals surface area contributed by atoms with Crippen molar-refractivity contribution in [1.82, 2.24) is 14.9 Å². The molecule has 1 unspecified atom stereocenters. The van der Waals surface area contributed by atoms with E-state index in [4.69, 9.17) is 4.42 Å². The zero-order chi connectivity index (χ0) is 20.6. The standard InChI is InChI=1S/C19H18F3N3O3/c1-10-7-14-15(8-11(10)2)25(18(27)16(24-14)19(20,21)22)12(3)17(26)23-9-13-5-4-6-28-13/h4-8,12H,9H2,1-3H3,(H,23,26). The van der Waals surface area contributed by atoms with Gasteiger partial charge in [-0.25, -0.2) is 4.98 Å². The summed E-state index contributed by atoms with van der Waals surface area (Å²) in [7, 11) is 0. The van der Waals surface area contributed by atoms with Crippen molar-refractivity contribution in [2.45, 2.75) is 39.5 Å². The Morgan fingerprint density at radius 3 is 2.57 bits per heavy atom. The molecule has 1 N–H and O–H groups in total. The number of hydrogen-bond acceptors (Lipinski definition) is 4. The third-order valence-electron chi connectivity index (χ3n) is 4.56. The predicted molar refractivity (Wildman–Crippen MR) is 95.7 cm³/mol. The molecular weight excluding hydrogens is 375 g/mol. The van der Waals surface area contributed by atoms with E-state index in [1.54, 1.807) is 32.0 Å². The van der Waals surface area contributed by atoms with E-state index in [1.807, 2.05) is 0 Å². The van der Waals surface area contributed by atoms with Crippen LogP contribution in [0.25, 0.3) is 11.0 Å². The second-order valence-corrected chi connectivity index (χ2v) is 6.53. The second kappa shape index (κ2) is 7.14. The maximum atomic E-state index is 13.3. The van der Waals surface area contributed by atoms with Crippen molar-refractivity contribution in [3.05, 3.63) is 63.5 Å². The Balaban J connectivity index is 2.11. The van der Waals surface area contributed by atoms with Crippen LogP contribution in [-0.2, 0) is 17.5 Å². The average Bonchev–Trinajstić information content (AvgIpc) is 3.13. The van der Waals surface area contributed by atoms with Crippen molar-refractivity contribution in [3.63, 3.8) is 0 Å². The predicted octanol–water partition coefficient (Wildman–Crippen LogP) is 3.50. The number of aromatic nitrogens is 2. The highest BCUT2D eigenvalue weighted by atomic mass is 19.4. The summed E-state index contributed by atoms with van der Waals surface area (Å²) in [6.45, 7) is 4.92. The van der Waals surface area contributed by atoms with Crippen LogP contribution >= 0.6 is 0 Å². The molecular formula is C19H18F3N3O3. The number of furan rings is 1. The van der Waals surface area contributed by atoms with Crippen LogP contribution in [0.1, 0.15) is 35.5 Å². The van der Waals surface area contributed by atoms with Crippen molar-refractivity contribution in [3.8, 4) is 0 Å². The lowest BCUT2D eigenvalue weighted by atomic mass is 10.1. The summed E-state index contributed by atoms with van der Waals surface area (Å²) in [4.78, 5) is 28.7. The maximum Gasteiger partial charge on any atom is 0.438 e. The number of carbonyl (C=O) groups excluding carboxylic acids is 1. The summed E-state index contributed by atoms with van der Waals surface area (Å²) < 4.78 is 46.0. The monoisotopic (exact) mass is 393 g/mol. The Hall–Kier alpha value is -3.10. The van der Waals surface area contributed by atoms with Gasteiger partial charge in [-0.3, -0.25) is 14.2 Å². The number of alkyl halides is 3. The van der Waals surface area contributed by atoms with E-state index in [0.29, 0.717) is 5.76 Å². The molecule has 0 bridgehead atoms. The lowest BCUT2D eigenvalue weighted by molar-refractivity contribution is -0.142. The number of benzene rings is 1. The first-order valence-corrected chi connectivity index (χ1v) is 8.50. The largest absolute Gasteiger partial charge is 0.467 e. The van der Waals surface area contributed by atoms with Crippen LogP contribution in [0.3, 0.4) is 0 Å². The van der Waals surface area contributed by atoms with Crippen molar-refractivity contribution in [2.75, 3.05) is 0 Å². The Kier molecular flexibility index (Phi) is 5.01. The molecule has 2 heterocycles. The number of halogens is 3. The fourth-order valence-electron chi connectivity index (χ4n) is 2.88. The number of fused-ring (bicyclic) bond motifs is 1. The fourth-order valence-corrected chi connectivity index (χ4v) is 2.88. The second-order valence-electron chi connectivity index (χ2n) is 6.53. The van der Waals surface area contributed by atoms with Gasteiger partial charge in [-0.15, -0.1) is 0 Å². The van der Waals surface area contributed by atoms with E-state index in [-0.39, 0.29) is 17.6 Å².